The molecular weight excluding hydrogens is 484 g/mol. The maximum Gasteiger partial charge on any atom is 0.407 e. The van der Waals surface area contributed by atoms with Gasteiger partial charge in [-0.15, -0.1) is 0 Å². The molecule has 4 amide bonds. The Morgan fingerprint density at radius 1 is 1.11 bits per heavy atom. The van der Waals surface area contributed by atoms with E-state index in [1.165, 1.54) is 0 Å². The molecule has 2 heterocycles. The number of hydrogen-bond donors (Lipinski definition) is 3. The Balaban J connectivity index is 1.43. The number of unbranched alkanes of at least 4 members (excludes halogenated alkanes) is 1. The van der Waals surface area contributed by atoms with Crippen molar-refractivity contribution >= 4 is 23.8 Å². The van der Waals surface area contributed by atoms with Crippen LogP contribution in [0.4, 0.5) is 4.79 Å². The fourth-order valence-electron chi connectivity index (χ4n) is 5.84. The van der Waals surface area contributed by atoms with E-state index in [1.54, 1.807) is 4.90 Å². The summed E-state index contributed by atoms with van der Waals surface area (Å²) in [6.45, 7) is 8.15. The summed E-state index contributed by atoms with van der Waals surface area (Å²) in [5.74, 6) is -0.809. The first-order valence-corrected chi connectivity index (χ1v) is 14.1. The predicted octanol–water partition coefficient (Wildman–Crippen LogP) is 4.10. The lowest BCUT2D eigenvalue weighted by Crippen LogP contribution is -2.52. The number of carbonyl (C=O) groups is 4. The zero-order valence-electron chi connectivity index (χ0n) is 23.1. The number of amides is 4. The van der Waals surface area contributed by atoms with Gasteiger partial charge in [-0.05, 0) is 76.5 Å². The topological polar surface area (TPSA) is 117 Å². The summed E-state index contributed by atoms with van der Waals surface area (Å²) < 4.78 is 5.41. The zero-order valence-corrected chi connectivity index (χ0v) is 23.1. The molecule has 3 N–H and O–H groups in total. The van der Waals surface area contributed by atoms with Crippen LogP contribution < -0.4 is 16.0 Å². The van der Waals surface area contributed by atoms with Crippen LogP contribution in [0, 0.1) is 0 Å². The van der Waals surface area contributed by atoms with E-state index in [2.05, 4.69) is 28.9 Å². The number of carbonyl (C=O) groups excluding carboxylic acids is 4. The van der Waals surface area contributed by atoms with E-state index in [0.717, 1.165) is 56.1 Å². The lowest BCUT2D eigenvalue weighted by Gasteiger charge is -2.34. The summed E-state index contributed by atoms with van der Waals surface area (Å²) in [6.07, 6.45) is 6.97. The van der Waals surface area contributed by atoms with E-state index >= 15 is 0 Å². The number of nitrogens with one attached hydrogen (secondary N) is 3. The van der Waals surface area contributed by atoms with Crippen LogP contribution >= 0.6 is 0 Å². The average Bonchev–Trinajstić information content (AvgIpc) is 3.18. The van der Waals surface area contributed by atoms with Gasteiger partial charge in [0.2, 0.25) is 11.8 Å². The van der Waals surface area contributed by atoms with Crippen molar-refractivity contribution in [3.63, 3.8) is 0 Å². The highest BCUT2D eigenvalue weighted by Crippen LogP contribution is 2.35. The van der Waals surface area contributed by atoms with E-state index in [9.17, 15) is 19.2 Å². The Hall–Kier alpha value is -2.94. The minimum atomic E-state index is -0.616. The molecule has 1 aliphatic carbocycles. The molecule has 0 unspecified atom stereocenters. The molecule has 2 fully saturated rings. The Morgan fingerprint density at radius 2 is 1.82 bits per heavy atom. The van der Waals surface area contributed by atoms with Gasteiger partial charge in [0.25, 0.3) is 5.91 Å². The molecule has 208 valence electrons. The molecule has 3 aliphatic rings. The summed E-state index contributed by atoms with van der Waals surface area (Å²) in [7, 11) is 0. The summed E-state index contributed by atoms with van der Waals surface area (Å²) >= 11 is 0. The molecule has 0 radical (unpaired) electrons. The van der Waals surface area contributed by atoms with Gasteiger partial charge in [0.1, 0.15) is 11.6 Å². The van der Waals surface area contributed by atoms with E-state index in [4.69, 9.17) is 4.74 Å². The predicted molar refractivity (Wildman–Crippen MR) is 143 cm³/mol. The minimum absolute atomic E-state index is 0.0970. The Morgan fingerprint density at radius 3 is 2.47 bits per heavy atom. The van der Waals surface area contributed by atoms with Crippen molar-refractivity contribution < 1.29 is 23.9 Å². The van der Waals surface area contributed by atoms with Gasteiger partial charge in [0, 0.05) is 36.7 Å². The van der Waals surface area contributed by atoms with E-state index < -0.39 is 11.6 Å². The van der Waals surface area contributed by atoms with Crippen molar-refractivity contribution in [1.82, 2.24) is 20.9 Å². The van der Waals surface area contributed by atoms with Crippen molar-refractivity contribution in [2.75, 3.05) is 0 Å². The van der Waals surface area contributed by atoms with Crippen LogP contribution in [0.1, 0.15) is 113 Å². The second kappa shape index (κ2) is 11.8. The Bertz CT molecular complexity index is 1060. The standard InChI is InChI=1S/C29H42N4O5/c1-5-6-10-23(30-18-11-13-19(14-12-18)31-28(37)38-29(2,3)4)20-8-7-9-21-22(20)17-33(27(21)36)24-15-16-25(34)32-26(24)35/h7-9,18-19,23-24,30H,5-6,10-17H2,1-4H3,(H,31,37)(H,32,34,35)/t18?,19?,23-,24-/m0/s1. The molecule has 2 aliphatic heterocycles. The summed E-state index contributed by atoms with van der Waals surface area (Å²) in [5, 5.41) is 9.27. The zero-order chi connectivity index (χ0) is 27.4. The van der Waals surface area contributed by atoms with Gasteiger partial charge in [0.05, 0.1) is 0 Å². The fraction of sp³-hybridized carbons (Fsp3) is 0.655. The van der Waals surface area contributed by atoms with Gasteiger partial charge in [0.15, 0.2) is 0 Å². The highest BCUT2D eigenvalue weighted by atomic mass is 16.6. The number of alkyl carbamates (subject to hydrolysis) is 1. The molecule has 0 spiro atoms. The number of piperidine rings is 1. The third kappa shape index (κ3) is 6.73. The maximum atomic E-state index is 13.3. The third-order valence-corrected chi connectivity index (χ3v) is 7.73. The first-order valence-electron chi connectivity index (χ1n) is 14.1. The summed E-state index contributed by atoms with van der Waals surface area (Å²) in [4.78, 5) is 51.2. The largest absolute Gasteiger partial charge is 0.444 e. The molecule has 38 heavy (non-hydrogen) atoms. The van der Waals surface area contributed by atoms with Gasteiger partial charge < -0.3 is 20.3 Å². The quantitative estimate of drug-likeness (QED) is 0.439. The average molecular weight is 527 g/mol. The van der Waals surface area contributed by atoms with Crippen LogP contribution in [0.25, 0.3) is 0 Å². The van der Waals surface area contributed by atoms with Gasteiger partial charge in [-0.3, -0.25) is 19.7 Å². The molecule has 9 heteroatoms. The lowest BCUT2D eigenvalue weighted by atomic mass is 9.88. The SMILES string of the molecule is CCCC[C@H](NC1CCC(NC(=O)OC(C)(C)C)CC1)c1cccc2c1CN([C@H]1CCC(=O)NC1=O)C2=O. The molecule has 0 bridgehead atoms. The number of ether oxygens (including phenoxy) is 1. The number of nitrogens with zero attached hydrogens (tertiary/aromatic N) is 1. The van der Waals surface area contributed by atoms with E-state index in [-0.39, 0.29) is 42.3 Å². The smallest absolute Gasteiger partial charge is 0.407 e. The van der Waals surface area contributed by atoms with Gasteiger partial charge in [-0.25, -0.2) is 4.79 Å². The molecule has 1 aromatic carbocycles. The summed E-state index contributed by atoms with van der Waals surface area (Å²) in [5.41, 5.74) is 2.24. The van der Waals surface area contributed by atoms with Crippen molar-refractivity contribution in [1.29, 1.82) is 0 Å². The van der Waals surface area contributed by atoms with Gasteiger partial charge in [-0.1, -0.05) is 31.9 Å². The van der Waals surface area contributed by atoms with Crippen LogP contribution in [-0.2, 0) is 20.9 Å². The molecule has 4 rings (SSSR count). The van der Waals surface area contributed by atoms with E-state index in [0.29, 0.717) is 24.6 Å². The highest BCUT2D eigenvalue weighted by molar-refractivity contribution is 6.05. The minimum Gasteiger partial charge on any atom is -0.444 e. The lowest BCUT2D eigenvalue weighted by molar-refractivity contribution is -0.136. The molecular formula is C29H42N4O5. The van der Waals surface area contributed by atoms with Crippen LogP contribution in [-0.4, -0.2) is 52.4 Å². The van der Waals surface area contributed by atoms with E-state index in [1.807, 2.05) is 32.9 Å². The second-order valence-electron chi connectivity index (χ2n) is 11.8. The van der Waals surface area contributed by atoms with Crippen LogP contribution in [0.2, 0.25) is 0 Å². The summed E-state index contributed by atoms with van der Waals surface area (Å²) in [6, 6.07) is 5.78. The highest BCUT2D eigenvalue weighted by Gasteiger charge is 2.40. The molecule has 1 aromatic rings. The van der Waals surface area contributed by atoms with Gasteiger partial charge in [-0.2, -0.15) is 0 Å². The fourth-order valence-corrected chi connectivity index (χ4v) is 5.84. The number of rotatable bonds is 8. The molecule has 1 saturated heterocycles. The van der Waals surface area contributed by atoms with Crippen molar-refractivity contribution in [3.8, 4) is 0 Å². The molecule has 1 saturated carbocycles. The molecule has 9 nitrogen and oxygen atoms in total. The van der Waals surface area contributed by atoms with Crippen molar-refractivity contribution in [3.05, 3.63) is 34.9 Å². The second-order valence-corrected chi connectivity index (χ2v) is 11.8. The third-order valence-electron chi connectivity index (χ3n) is 7.73. The maximum absolute atomic E-state index is 13.3. The number of benzene rings is 1. The van der Waals surface area contributed by atoms with Crippen molar-refractivity contribution in [2.45, 2.75) is 122 Å². The monoisotopic (exact) mass is 526 g/mol. The normalized spacial score (nSPS) is 24.6. The number of fused-ring (bicyclic) bond motifs is 1. The van der Waals surface area contributed by atoms with Gasteiger partial charge >= 0.3 is 6.09 Å². The first-order chi connectivity index (χ1) is 18.1. The van der Waals surface area contributed by atoms with Crippen LogP contribution in [0.3, 0.4) is 0 Å². The number of imide groups is 1. The molecule has 0 aromatic heterocycles. The Kier molecular flexibility index (Phi) is 8.75. The van der Waals surface area contributed by atoms with Crippen molar-refractivity contribution in [2.24, 2.45) is 0 Å². The number of hydrogen-bond acceptors (Lipinski definition) is 6. The molecule has 2 atom stereocenters. The Labute approximate surface area is 225 Å². The van der Waals surface area contributed by atoms with Crippen LogP contribution in [0.15, 0.2) is 18.2 Å². The first kappa shape index (κ1) is 28.1. The van der Waals surface area contributed by atoms with Crippen LogP contribution in [0.5, 0.6) is 0 Å².